The second-order valence-electron chi connectivity index (χ2n) is 8.03. The maximum Gasteiger partial charge on any atom is 0.191 e. The Labute approximate surface area is 174 Å². The summed E-state index contributed by atoms with van der Waals surface area (Å²) in [6.45, 7) is 7.33. The van der Waals surface area contributed by atoms with E-state index in [0.29, 0.717) is 12.0 Å². The Hall–Kier alpha value is -2.34. The third kappa shape index (κ3) is 5.82. The number of aryl methyl sites for hydroxylation is 1. The quantitative estimate of drug-likeness (QED) is 0.499. The molecule has 0 amide bonds. The van der Waals surface area contributed by atoms with Gasteiger partial charge in [-0.25, -0.2) is 9.67 Å². The lowest BCUT2D eigenvalue weighted by atomic mass is 9.83. The summed E-state index contributed by atoms with van der Waals surface area (Å²) in [4.78, 5) is 4.87. The van der Waals surface area contributed by atoms with Crippen LogP contribution in [0.5, 0.6) is 0 Å². The number of para-hydroxylation sites is 1. The van der Waals surface area contributed by atoms with Gasteiger partial charge >= 0.3 is 0 Å². The molecule has 1 heterocycles. The second-order valence-corrected chi connectivity index (χ2v) is 8.03. The van der Waals surface area contributed by atoms with Crippen LogP contribution < -0.4 is 10.6 Å². The van der Waals surface area contributed by atoms with Crippen molar-refractivity contribution in [2.24, 2.45) is 10.4 Å². The zero-order chi connectivity index (χ0) is 20.5. The Balaban J connectivity index is 1.70. The number of aromatic nitrogens is 2. The van der Waals surface area contributed by atoms with E-state index in [2.05, 4.69) is 40.9 Å². The number of nitrogens with zero attached hydrogens (tertiary/aromatic N) is 3. The summed E-state index contributed by atoms with van der Waals surface area (Å²) < 4.78 is 7.29. The Morgan fingerprint density at radius 2 is 2.00 bits per heavy atom. The Morgan fingerprint density at radius 1 is 1.21 bits per heavy atom. The van der Waals surface area contributed by atoms with Gasteiger partial charge in [0.15, 0.2) is 5.96 Å². The first-order chi connectivity index (χ1) is 14.2. The highest BCUT2D eigenvalue weighted by Gasteiger charge is 2.33. The van der Waals surface area contributed by atoms with Crippen LogP contribution in [-0.2, 0) is 11.3 Å². The number of rotatable bonds is 9. The van der Waals surface area contributed by atoms with E-state index in [1.165, 1.54) is 25.7 Å². The summed E-state index contributed by atoms with van der Waals surface area (Å²) in [7, 11) is 1.79. The van der Waals surface area contributed by atoms with Crippen molar-refractivity contribution in [2.45, 2.75) is 52.5 Å². The highest BCUT2D eigenvalue weighted by atomic mass is 16.5. The van der Waals surface area contributed by atoms with Gasteiger partial charge in [0.2, 0.25) is 0 Å². The number of nitrogens with one attached hydrogen (secondary N) is 2. The molecule has 0 spiro atoms. The number of aliphatic imine (C=N–C) groups is 1. The predicted molar refractivity (Wildman–Crippen MR) is 119 cm³/mol. The van der Waals surface area contributed by atoms with E-state index in [0.717, 1.165) is 49.0 Å². The lowest BCUT2D eigenvalue weighted by Crippen LogP contribution is -2.43. The van der Waals surface area contributed by atoms with Crippen molar-refractivity contribution in [1.82, 2.24) is 20.4 Å². The van der Waals surface area contributed by atoms with Crippen molar-refractivity contribution in [1.29, 1.82) is 0 Å². The van der Waals surface area contributed by atoms with Gasteiger partial charge in [0.05, 0.1) is 17.9 Å². The molecular formula is C23H35N5O. The molecule has 1 fully saturated rings. The van der Waals surface area contributed by atoms with Gasteiger partial charge in [0.1, 0.15) is 0 Å². The Kier molecular flexibility index (Phi) is 7.69. The molecule has 0 bridgehead atoms. The normalized spacial score (nSPS) is 16.2. The summed E-state index contributed by atoms with van der Waals surface area (Å²) in [6.07, 6.45) is 8.28. The summed E-state index contributed by atoms with van der Waals surface area (Å²) in [5, 5.41) is 11.6. The van der Waals surface area contributed by atoms with Gasteiger partial charge in [-0.05, 0) is 56.2 Å². The van der Waals surface area contributed by atoms with Gasteiger partial charge in [-0.15, -0.1) is 0 Å². The molecule has 1 saturated carbocycles. The average molecular weight is 398 g/mol. The highest BCUT2D eigenvalue weighted by molar-refractivity contribution is 5.79. The number of guanidine groups is 1. The fourth-order valence-corrected chi connectivity index (χ4v) is 4.15. The lowest BCUT2D eigenvalue weighted by molar-refractivity contribution is 0.138. The molecule has 6 heteroatoms. The third-order valence-corrected chi connectivity index (χ3v) is 5.84. The van der Waals surface area contributed by atoms with E-state index in [1.807, 2.05) is 29.9 Å². The molecule has 1 aliphatic rings. The van der Waals surface area contributed by atoms with Gasteiger partial charge in [-0.3, -0.25) is 0 Å². The average Bonchev–Trinajstić information content (AvgIpc) is 3.38. The number of methoxy groups -OCH3 is 1. The minimum atomic E-state index is 0.330. The summed E-state index contributed by atoms with van der Waals surface area (Å²) in [6, 6.07) is 10.3. The first-order valence-electron chi connectivity index (χ1n) is 10.8. The minimum Gasteiger partial charge on any atom is -0.385 e. The molecule has 0 saturated heterocycles. The van der Waals surface area contributed by atoms with Gasteiger partial charge in [0, 0.05) is 33.0 Å². The number of ether oxygens (including phenoxy) is 1. The van der Waals surface area contributed by atoms with Gasteiger partial charge in [-0.2, -0.15) is 5.10 Å². The van der Waals surface area contributed by atoms with Crippen LogP contribution in [0.2, 0.25) is 0 Å². The van der Waals surface area contributed by atoms with Crippen molar-refractivity contribution < 1.29 is 4.74 Å². The molecule has 0 unspecified atom stereocenters. The van der Waals surface area contributed by atoms with Crippen LogP contribution in [0.1, 0.15) is 50.3 Å². The fraction of sp³-hybridized carbons (Fsp3) is 0.565. The van der Waals surface area contributed by atoms with Crippen LogP contribution in [0.15, 0.2) is 41.5 Å². The summed E-state index contributed by atoms with van der Waals surface area (Å²) in [5.74, 6) is 0.877. The zero-order valence-electron chi connectivity index (χ0n) is 18.1. The fourth-order valence-electron chi connectivity index (χ4n) is 4.15. The van der Waals surface area contributed by atoms with Crippen LogP contribution in [0.25, 0.3) is 5.69 Å². The van der Waals surface area contributed by atoms with Crippen LogP contribution in [0, 0.1) is 12.3 Å². The molecular weight excluding hydrogens is 362 g/mol. The molecule has 1 aromatic carbocycles. The predicted octanol–water partition coefficient (Wildman–Crippen LogP) is 3.83. The summed E-state index contributed by atoms with van der Waals surface area (Å²) >= 11 is 0. The Bertz CT molecular complexity index is 792. The van der Waals surface area contributed by atoms with E-state index in [-0.39, 0.29) is 0 Å². The van der Waals surface area contributed by atoms with Crippen molar-refractivity contribution >= 4 is 5.96 Å². The first kappa shape index (κ1) is 21.4. The molecule has 2 N–H and O–H groups in total. The van der Waals surface area contributed by atoms with E-state index in [1.54, 1.807) is 7.11 Å². The lowest BCUT2D eigenvalue weighted by Gasteiger charge is -2.30. The standard InChI is InChI=1S/C23H35N5O/c1-4-24-22(26-18-23(14-16-29-3)12-7-8-13-23)25-17-20-9-5-6-10-21(20)28-15-11-19(2)27-28/h5-6,9-11,15H,4,7-8,12-14,16-18H2,1-3H3,(H2,24,25,26). The smallest absolute Gasteiger partial charge is 0.191 e. The zero-order valence-corrected chi connectivity index (χ0v) is 18.1. The van der Waals surface area contributed by atoms with E-state index >= 15 is 0 Å². The summed E-state index contributed by atoms with van der Waals surface area (Å²) in [5.41, 5.74) is 3.57. The molecule has 29 heavy (non-hydrogen) atoms. The van der Waals surface area contributed by atoms with Crippen LogP contribution >= 0.6 is 0 Å². The van der Waals surface area contributed by atoms with Gasteiger partial charge < -0.3 is 15.4 Å². The molecule has 0 aliphatic heterocycles. The van der Waals surface area contributed by atoms with E-state index < -0.39 is 0 Å². The maximum absolute atomic E-state index is 5.36. The molecule has 0 atom stereocenters. The van der Waals surface area contributed by atoms with Crippen molar-refractivity contribution in [3.8, 4) is 5.69 Å². The van der Waals surface area contributed by atoms with Crippen LogP contribution in [-0.4, -0.2) is 42.5 Å². The molecule has 0 radical (unpaired) electrons. The molecule has 2 aromatic rings. The van der Waals surface area contributed by atoms with Gasteiger partial charge in [-0.1, -0.05) is 31.0 Å². The van der Waals surface area contributed by atoms with Crippen molar-refractivity contribution in [3.63, 3.8) is 0 Å². The monoisotopic (exact) mass is 397 g/mol. The topological polar surface area (TPSA) is 63.5 Å². The molecule has 1 aromatic heterocycles. The number of benzene rings is 1. The third-order valence-electron chi connectivity index (χ3n) is 5.84. The first-order valence-corrected chi connectivity index (χ1v) is 10.8. The minimum absolute atomic E-state index is 0.330. The van der Waals surface area contributed by atoms with E-state index in [4.69, 9.17) is 9.73 Å². The highest BCUT2D eigenvalue weighted by Crippen LogP contribution is 2.40. The Morgan fingerprint density at radius 3 is 2.69 bits per heavy atom. The van der Waals surface area contributed by atoms with Crippen LogP contribution in [0.3, 0.4) is 0 Å². The van der Waals surface area contributed by atoms with Crippen molar-refractivity contribution in [3.05, 3.63) is 47.8 Å². The van der Waals surface area contributed by atoms with E-state index in [9.17, 15) is 0 Å². The number of hydrogen-bond acceptors (Lipinski definition) is 3. The number of hydrogen-bond donors (Lipinski definition) is 2. The largest absolute Gasteiger partial charge is 0.385 e. The SMILES string of the molecule is CCNC(=NCc1ccccc1-n1ccc(C)n1)NCC1(CCOC)CCCC1. The maximum atomic E-state index is 5.36. The van der Waals surface area contributed by atoms with Crippen molar-refractivity contribution in [2.75, 3.05) is 26.8 Å². The molecule has 3 rings (SSSR count). The molecule has 158 valence electrons. The second kappa shape index (κ2) is 10.4. The molecule has 6 nitrogen and oxygen atoms in total. The van der Waals surface area contributed by atoms with Gasteiger partial charge in [0.25, 0.3) is 0 Å². The molecule has 1 aliphatic carbocycles. The van der Waals surface area contributed by atoms with Crippen LogP contribution in [0.4, 0.5) is 0 Å².